The summed E-state index contributed by atoms with van der Waals surface area (Å²) in [6.07, 6.45) is 2.59. The summed E-state index contributed by atoms with van der Waals surface area (Å²) in [6, 6.07) is 0. The lowest BCUT2D eigenvalue weighted by molar-refractivity contribution is 0.340. The molecule has 0 saturated carbocycles. The monoisotopic (exact) mass is 330 g/mol. The molecule has 2 aliphatic rings. The predicted octanol–water partition coefficient (Wildman–Crippen LogP) is 0.557. The van der Waals surface area contributed by atoms with E-state index in [2.05, 4.69) is 15.1 Å². The Morgan fingerprint density at radius 2 is 1.91 bits per heavy atom. The molecule has 0 atom stereocenters. The molecule has 2 saturated heterocycles. The summed E-state index contributed by atoms with van der Waals surface area (Å²) in [7, 11) is -3.01. The van der Waals surface area contributed by atoms with Crippen LogP contribution in [-0.2, 0) is 9.84 Å². The molecule has 1 N–H and O–H groups in total. The maximum atomic E-state index is 12.1. The van der Waals surface area contributed by atoms with E-state index in [4.69, 9.17) is 4.99 Å². The molecule has 0 spiro atoms. The third-order valence-electron chi connectivity index (χ3n) is 4.55. The zero-order valence-electron chi connectivity index (χ0n) is 14.1. The zero-order valence-corrected chi connectivity index (χ0v) is 15.0. The average molecular weight is 330 g/mol. The van der Waals surface area contributed by atoms with Gasteiger partial charge in [0.15, 0.2) is 15.8 Å². The van der Waals surface area contributed by atoms with E-state index in [1.807, 2.05) is 20.8 Å². The fourth-order valence-corrected chi connectivity index (χ4v) is 4.42. The minimum Gasteiger partial charge on any atom is -0.357 e. The minimum absolute atomic E-state index is 0.205. The second kappa shape index (κ2) is 7.17. The summed E-state index contributed by atoms with van der Waals surface area (Å²) in [4.78, 5) is 9.24. The Kier molecular flexibility index (Phi) is 5.71. The summed E-state index contributed by atoms with van der Waals surface area (Å²) in [5.41, 5.74) is 0. The Balaban J connectivity index is 1.98. The number of hydrogen-bond donors (Lipinski definition) is 1. The van der Waals surface area contributed by atoms with Crippen molar-refractivity contribution < 1.29 is 8.42 Å². The van der Waals surface area contributed by atoms with E-state index in [9.17, 15) is 8.42 Å². The molecule has 0 unspecified atom stereocenters. The Hall–Kier alpha value is -0.820. The van der Waals surface area contributed by atoms with Crippen molar-refractivity contribution in [2.45, 2.75) is 38.4 Å². The molecule has 2 heterocycles. The molecule has 2 aliphatic heterocycles. The fraction of sp³-hybridized carbons (Fsp3) is 0.933. The molecule has 0 aromatic heterocycles. The van der Waals surface area contributed by atoms with Crippen LogP contribution in [0.5, 0.6) is 0 Å². The van der Waals surface area contributed by atoms with E-state index in [1.54, 1.807) is 0 Å². The summed E-state index contributed by atoms with van der Waals surface area (Å²) >= 11 is 0. The lowest BCUT2D eigenvalue weighted by Gasteiger charge is -2.39. The number of nitrogens with zero attached hydrogens (tertiary/aromatic N) is 3. The summed E-state index contributed by atoms with van der Waals surface area (Å²) in [6.45, 7) is 11.6. The van der Waals surface area contributed by atoms with Crippen LogP contribution < -0.4 is 5.32 Å². The zero-order chi connectivity index (χ0) is 16.2. The molecule has 0 aliphatic carbocycles. The molecule has 7 heteroatoms. The predicted molar refractivity (Wildman–Crippen MR) is 91.1 cm³/mol. The number of likely N-dealkylation sites (tertiary alicyclic amines) is 1. The number of sulfone groups is 1. The molecule has 2 fully saturated rings. The van der Waals surface area contributed by atoms with E-state index in [-0.39, 0.29) is 5.75 Å². The van der Waals surface area contributed by atoms with Crippen LogP contribution in [0.3, 0.4) is 0 Å². The van der Waals surface area contributed by atoms with Gasteiger partial charge >= 0.3 is 0 Å². The van der Waals surface area contributed by atoms with Crippen molar-refractivity contribution in [3.8, 4) is 0 Å². The van der Waals surface area contributed by atoms with Crippen molar-refractivity contribution in [2.75, 3.05) is 51.6 Å². The van der Waals surface area contributed by atoms with Crippen molar-refractivity contribution in [1.29, 1.82) is 0 Å². The second-order valence-corrected chi connectivity index (χ2v) is 9.53. The van der Waals surface area contributed by atoms with Gasteiger partial charge in [0, 0.05) is 26.2 Å². The highest BCUT2D eigenvalue weighted by atomic mass is 32.2. The molecule has 0 aromatic rings. The van der Waals surface area contributed by atoms with E-state index < -0.39 is 14.6 Å². The Morgan fingerprint density at radius 3 is 2.50 bits per heavy atom. The van der Waals surface area contributed by atoms with Crippen LogP contribution in [0.4, 0.5) is 0 Å². The van der Waals surface area contributed by atoms with Gasteiger partial charge in [0.25, 0.3) is 0 Å². The van der Waals surface area contributed by atoms with Gasteiger partial charge in [0.2, 0.25) is 0 Å². The topological polar surface area (TPSA) is 65.0 Å². The second-order valence-electron chi connectivity index (χ2n) is 6.78. The highest BCUT2D eigenvalue weighted by molar-refractivity contribution is 7.92. The van der Waals surface area contributed by atoms with Crippen molar-refractivity contribution >= 4 is 15.8 Å². The largest absolute Gasteiger partial charge is 0.357 e. The first-order valence-electron chi connectivity index (χ1n) is 8.33. The molecule has 22 heavy (non-hydrogen) atoms. The van der Waals surface area contributed by atoms with Gasteiger partial charge in [-0.2, -0.15) is 0 Å². The number of aliphatic imine (C=N–C) groups is 1. The highest BCUT2D eigenvalue weighted by Crippen LogP contribution is 2.23. The fourth-order valence-electron chi connectivity index (χ4n) is 3.05. The first-order chi connectivity index (χ1) is 10.4. The number of guanidine groups is 1. The Labute approximate surface area is 134 Å². The third kappa shape index (κ3) is 4.13. The molecule has 0 bridgehead atoms. The maximum Gasteiger partial charge on any atom is 0.194 e. The average Bonchev–Trinajstić information content (AvgIpc) is 2.94. The van der Waals surface area contributed by atoms with Crippen LogP contribution in [0.25, 0.3) is 0 Å². The lowest BCUT2D eigenvalue weighted by Crippen LogP contribution is -2.57. The van der Waals surface area contributed by atoms with Gasteiger partial charge in [0.05, 0.1) is 17.0 Å². The minimum atomic E-state index is -3.01. The maximum absolute atomic E-state index is 12.1. The van der Waals surface area contributed by atoms with Crippen molar-refractivity contribution in [2.24, 2.45) is 4.99 Å². The molecule has 0 amide bonds. The van der Waals surface area contributed by atoms with Gasteiger partial charge in [-0.3, -0.25) is 4.99 Å². The van der Waals surface area contributed by atoms with Gasteiger partial charge in [-0.1, -0.05) is 0 Å². The van der Waals surface area contributed by atoms with Gasteiger partial charge in [0.1, 0.15) is 0 Å². The van der Waals surface area contributed by atoms with E-state index >= 15 is 0 Å². The van der Waals surface area contributed by atoms with E-state index in [0.717, 1.165) is 25.6 Å². The molecular weight excluding hydrogens is 300 g/mol. The van der Waals surface area contributed by atoms with Crippen LogP contribution in [-0.4, -0.2) is 80.5 Å². The first-order valence-corrected chi connectivity index (χ1v) is 9.99. The van der Waals surface area contributed by atoms with Gasteiger partial charge in [-0.05, 0) is 46.7 Å². The van der Waals surface area contributed by atoms with Gasteiger partial charge in [-0.25, -0.2) is 8.42 Å². The van der Waals surface area contributed by atoms with Crippen LogP contribution in [0.15, 0.2) is 4.99 Å². The number of nitrogens with one attached hydrogen (secondary N) is 1. The van der Waals surface area contributed by atoms with Crippen LogP contribution in [0.2, 0.25) is 0 Å². The Morgan fingerprint density at radius 1 is 1.23 bits per heavy atom. The highest BCUT2D eigenvalue weighted by Gasteiger charge is 2.40. The molecule has 2 rings (SSSR count). The molecule has 128 valence electrons. The molecule has 6 nitrogen and oxygen atoms in total. The SMILES string of the molecule is CCNC(=NCCN1CCCC1)N1CCS(=O)(=O)C(C)(C)C1. The van der Waals surface area contributed by atoms with Crippen LogP contribution in [0.1, 0.15) is 33.6 Å². The van der Waals surface area contributed by atoms with E-state index in [0.29, 0.717) is 13.1 Å². The first kappa shape index (κ1) is 17.5. The summed E-state index contributed by atoms with van der Waals surface area (Å²) < 4.78 is 23.5. The summed E-state index contributed by atoms with van der Waals surface area (Å²) in [5, 5.41) is 3.31. The van der Waals surface area contributed by atoms with Crippen molar-refractivity contribution in [3.05, 3.63) is 0 Å². The normalized spacial score (nSPS) is 25.4. The van der Waals surface area contributed by atoms with Crippen LogP contribution >= 0.6 is 0 Å². The third-order valence-corrected chi connectivity index (χ3v) is 7.09. The Bertz CT molecular complexity index is 496. The summed E-state index contributed by atoms with van der Waals surface area (Å²) in [5.74, 6) is 1.06. The quantitative estimate of drug-likeness (QED) is 0.603. The van der Waals surface area contributed by atoms with Gasteiger partial charge < -0.3 is 15.1 Å². The van der Waals surface area contributed by atoms with Crippen LogP contribution in [0, 0.1) is 0 Å². The van der Waals surface area contributed by atoms with E-state index in [1.165, 1.54) is 25.9 Å². The molecule has 0 radical (unpaired) electrons. The molecule has 0 aromatic carbocycles. The van der Waals surface area contributed by atoms with Gasteiger partial charge in [-0.15, -0.1) is 0 Å². The molecular formula is C15H30N4O2S. The van der Waals surface area contributed by atoms with Crippen molar-refractivity contribution in [1.82, 2.24) is 15.1 Å². The standard InChI is InChI=1S/C15H30N4O2S/c1-4-16-14(17-7-10-18-8-5-6-9-18)19-11-12-22(20,21)15(2,3)13-19/h4-13H2,1-3H3,(H,16,17). The lowest BCUT2D eigenvalue weighted by atomic mass is 10.2. The number of rotatable bonds is 4. The number of hydrogen-bond acceptors (Lipinski definition) is 4. The van der Waals surface area contributed by atoms with Crippen molar-refractivity contribution in [3.63, 3.8) is 0 Å². The smallest absolute Gasteiger partial charge is 0.194 e.